The summed E-state index contributed by atoms with van der Waals surface area (Å²) in [6.07, 6.45) is 4.93. The summed E-state index contributed by atoms with van der Waals surface area (Å²) < 4.78 is 5.13. The summed E-state index contributed by atoms with van der Waals surface area (Å²) in [6, 6.07) is 13.0. The number of aromatic nitrogens is 2. The Morgan fingerprint density at radius 2 is 2.04 bits per heavy atom. The van der Waals surface area contributed by atoms with Gasteiger partial charge >= 0.3 is 0 Å². The smallest absolute Gasteiger partial charge is 0.225 e. The number of nitrogens with one attached hydrogen (secondary N) is 1. The molecule has 1 aliphatic heterocycles. The largest absolute Gasteiger partial charge is 0.383 e. The lowest BCUT2D eigenvalue weighted by Crippen LogP contribution is -2.39. The number of hydrogen-bond donors (Lipinski definition) is 1. The average molecular weight is 340 g/mol. The maximum Gasteiger partial charge on any atom is 0.225 e. The number of piperidine rings is 1. The number of hydrogen-bond acceptors (Lipinski definition) is 5. The topological polar surface area (TPSA) is 50.3 Å². The molecule has 0 spiro atoms. The highest BCUT2D eigenvalue weighted by molar-refractivity contribution is 5.65. The van der Waals surface area contributed by atoms with Crippen molar-refractivity contribution in [2.24, 2.45) is 0 Å². The van der Waals surface area contributed by atoms with Gasteiger partial charge in [-0.25, -0.2) is 4.98 Å². The summed E-state index contributed by atoms with van der Waals surface area (Å²) in [5.74, 6) is 1.70. The van der Waals surface area contributed by atoms with Gasteiger partial charge < -0.3 is 15.0 Å². The van der Waals surface area contributed by atoms with Gasteiger partial charge in [-0.1, -0.05) is 37.3 Å². The molecule has 1 unspecified atom stereocenters. The van der Waals surface area contributed by atoms with Crippen molar-refractivity contribution in [1.29, 1.82) is 0 Å². The summed E-state index contributed by atoms with van der Waals surface area (Å²) >= 11 is 0. The molecule has 0 radical (unpaired) electrons. The first-order valence-corrected chi connectivity index (χ1v) is 9.25. The summed E-state index contributed by atoms with van der Waals surface area (Å²) in [4.78, 5) is 12.0. The first-order chi connectivity index (χ1) is 12.3. The van der Waals surface area contributed by atoms with Crippen LogP contribution in [-0.4, -0.2) is 42.8 Å². The van der Waals surface area contributed by atoms with Crippen molar-refractivity contribution in [1.82, 2.24) is 9.97 Å². The van der Waals surface area contributed by atoms with Crippen LogP contribution in [-0.2, 0) is 4.74 Å². The Kier molecular flexibility index (Phi) is 6.23. The number of rotatable bonds is 7. The zero-order valence-corrected chi connectivity index (χ0v) is 15.2. The Labute approximate surface area is 150 Å². The predicted octanol–water partition coefficient (Wildman–Crippen LogP) is 3.97. The van der Waals surface area contributed by atoms with Gasteiger partial charge in [0, 0.05) is 37.9 Å². The molecule has 5 heteroatoms. The third-order valence-corrected chi connectivity index (χ3v) is 4.76. The van der Waals surface area contributed by atoms with E-state index in [0.717, 1.165) is 30.0 Å². The van der Waals surface area contributed by atoms with Crippen molar-refractivity contribution in [2.45, 2.75) is 38.6 Å². The second kappa shape index (κ2) is 8.81. The third-order valence-electron chi connectivity index (χ3n) is 4.76. The van der Waals surface area contributed by atoms with E-state index >= 15 is 0 Å². The van der Waals surface area contributed by atoms with Crippen molar-refractivity contribution in [3.05, 3.63) is 36.4 Å². The fraction of sp³-hybridized carbons (Fsp3) is 0.500. The van der Waals surface area contributed by atoms with Gasteiger partial charge in [0.15, 0.2) is 0 Å². The fourth-order valence-electron chi connectivity index (χ4n) is 3.41. The molecule has 0 saturated carbocycles. The van der Waals surface area contributed by atoms with Gasteiger partial charge in [0.2, 0.25) is 5.95 Å². The molecule has 0 bridgehead atoms. The van der Waals surface area contributed by atoms with Gasteiger partial charge in [0.05, 0.1) is 12.3 Å². The number of ether oxygens (including phenoxy) is 1. The highest BCUT2D eigenvalue weighted by Crippen LogP contribution is 2.29. The Morgan fingerprint density at radius 1 is 1.20 bits per heavy atom. The van der Waals surface area contributed by atoms with E-state index < -0.39 is 0 Å². The number of nitrogens with zero attached hydrogens (tertiary/aromatic N) is 3. The molecule has 3 rings (SSSR count). The van der Waals surface area contributed by atoms with E-state index in [1.54, 1.807) is 7.11 Å². The molecule has 2 heterocycles. The fourth-order valence-corrected chi connectivity index (χ4v) is 3.41. The SMILES string of the molecule is CCC1CCCCN1c1cc(-c2ccccc2)nc(NCCOC)n1. The predicted molar refractivity (Wildman–Crippen MR) is 103 cm³/mol. The monoisotopic (exact) mass is 340 g/mol. The van der Waals surface area contributed by atoms with Crippen LogP contribution in [0, 0.1) is 0 Å². The van der Waals surface area contributed by atoms with Crippen LogP contribution in [0.5, 0.6) is 0 Å². The van der Waals surface area contributed by atoms with Crippen LogP contribution in [0.2, 0.25) is 0 Å². The summed E-state index contributed by atoms with van der Waals surface area (Å²) in [7, 11) is 1.70. The highest BCUT2D eigenvalue weighted by Gasteiger charge is 2.23. The van der Waals surface area contributed by atoms with E-state index in [1.165, 1.54) is 19.3 Å². The first-order valence-electron chi connectivity index (χ1n) is 9.25. The lowest BCUT2D eigenvalue weighted by molar-refractivity contribution is 0.210. The van der Waals surface area contributed by atoms with Gasteiger partial charge in [0.1, 0.15) is 5.82 Å². The van der Waals surface area contributed by atoms with E-state index in [9.17, 15) is 0 Å². The molecule has 1 N–H and O–H groups in total. The van der Waals surface area contributed by atoms with Crippen molar-refractivity contribution in [2.75, 3.05) is 37.0 Å². The third kappa shape index (κ3) is 4.48. The Balaban J connectivity index is 1.94. The van der Waals surface area contributed by atoms with Gasteiger partial charge in [-0.2, -0.15) is 4.98 Å². The van der Waals surface area contributed by atoms with Crippen molar-refractivity contribution in [3.8, 4) is 11.3 Å². The first kappa shape index (κ1) is 17.7. The molecule has 1 fully saturated rings. The van der Waals surface area contributed by atoms with Crippen LogP contribution < -0.4 is 10.2 Å². The van der Waals surface area contributed by atoms with Crippen LogP contribution >= 0.6 is 0 Å². The van der Waals surface area contributed by atoms with Gasteiger partial charge in [-0.15, -0.1) is 0 Å². The van der Waals surface area contributed by atoms with Crippen molar-refractivity contribution < 1.29 is 4.74 Å². The van der Waals surface area contributed by atoms with E-state index in [-0.39, 0.29) is 0 Å². The quantitative estimate of drug-likeness (QED) is 0.773. The zero-order chi connectivity index (χ0) is 17.5. The van der Waals surface area contributed by atoms with Crippen molar-refractivity contribution >= 4 is 11.8 Å². The zero-order valence-electron chi connectivity index (χ0n) is 15.2. The summed E-state index contributed by atoms with van der Waals surface area (Å²) in [5.41, 5.74) is 2.08. The van der Waals surface area contributed by atoms with Crippen LogP contribution in [0.4, 0.5) is 11.8 Å². The minimum atomic E-state index is 0.569. The van der Waals surface area contributed by atoms with E-state index in [4.69, 9.17) is 14.7 Å². The van der Waals surface area contributed by atoms with Crippen molar-refractivity contribution in [3.63, 3.8) is 0 Å². The molecule has 1 atom stereocenters. The molecule has 1 aliphatic rings. The number of anilines is 2. The van der Waals surface area contributed by atoms with Crippen LogP contribution in [0.1, 0.15) is 32.6 Å². The molecule has 1 aromatic heterocycles. The second-order valence-electron chi connectivity index (χ2n) is 6.47. The van der Waals surface area contributed by atoms with Gasteiger partial charge in [-0.3, -0.25) is 0 Å². The molecule has 5 nitrogen and oxygen atoms in total. The lowest BCUT2D eigenvalue weighted by Gasteiger charge is -2.36. The van der Waals surface area contributed by atoms with Crippen LogP contribution in [0.3, 0.4) is 0 Å². The van der Waals surface area contributed by atoms with E-state index in [2.05, 4.69) is 35.3 Å². The maximum absolute atomic E-state index is 5.13. The standard InChI is InChI=1S/C20H28N4O/c1-3-17-11-7-8-13-24(17)19-15-18(16-9-5-4-6-10-16)22-20(23-19)21-12-14-25-2/h4-6,9-10,15,17H,3,7-8,11-14H2,1-2H3,(H,21,22,23). The minimum absolute atomic E-state index is 0.569. The van der Waals surface area contributed by atoms with Crippen LogP contribution in [0.15, 0.2) is 36.4 Å². The molecular weight excluding hydrogens is 312 g/mol. The van der Waals surface area contributed by atoms with Gasteiger partial charge in [0.25, 0.3) is 0 Å². The Hall–Kier alpha value is -2.14. The molecule has 1 aromatic carbocycles. The van der Waals surface area contributed by atoms with E-state index in [1.807, 2.05) is 18.2 Å². The average Bonchev–Trinajstić information content (AvgIpc) is 2.68. The van der Waals surface area contributed by atoms with Gasteiger partial charge in [-0.05, 0) is 25.7 Å². The molecule has 1 saturated heterocycles. The number of methoxy groups -OCH3 is 1. The summed E-state index contributed by atoms with van der Waals surface area (Å²) in [6.45, 7) is 4.67. The molecule has 134 valence electrons. The molecule has 0 aliphatic carbocycles. The molecule has 2 aromatic rings. The Bertz CT molecular complexity index is 662. The second-order valence-corrected chi connectivity index (χ2v) is 6.47. The lowest BCUT2D eigenvalue weighted by atomic mass is 10.00. The summed E-state index contributed by atoms with van der Waals surface area (Å²) in [5, 5.41) is 3.29. The minimum Gasteiger partial charge on any atom is -0.383 e. The molecular formula is C20H28N4O. The molecule has 0 amide bonds. The molecule has 25 heavy (non-hydrogen) atoms. The van der Waals surface area contributed by atoms with E-state index in [0.29, 0.717) is 25.1 Å². The number of benzene rings is 1. The normalized spacial score (nSPS) is 17.5. The highest BCUT2D eigenvalue weighted by atomic mass is 16.5. The maximum atomic E-state index is 5.13. The Morgan fingerprint density at radius 3 is 2.80 bits per heavy atom. The van der Waals surface area contributed by atoms with Crippen LogP contribution in [0.25, 0.3) is 11.3 Å².